The molecule has 1 amide bonds. The van der Waals surface area contributed by atoms with Crippen molar-refractivity contribution < 1.29 is 4.79 Å². The predicted molar refractivity (Wildman–Crippen MR) is 63.4 cm³/mol. The summed E-state index contributed by atoms with van der Waals surface area (Å²) in [5.74, 6) is 0.586. The van der Waals surface area contributed by atoms with E-state index < -0.39 is 0 Å². The highest BCUT2D eigenvalue weighted by molar-refractivity contribution is 5.92. The maximum absolute atomic E-state index is 11.8. The van der Waals surface area contributed by atoms with Gasteiger partial charge in [-0.15, -0.1) is 0 Å². The molecule has 1 heterocycles. The van der Waals surface area contributed by atoms with Crippen LogP contribution in [0.2, 0.25) is 0 Å². The molecule has 86 valence electrons. The van der Waals surface area contributed by atoms with Gasteiger partial charge in [-0.1, -0.05) is 0 Å². The van der Waals surface area contributed by atoms with Crippen molar-refractivity contribution in [3.8, 4) is 0 Å². The molecule has 1 aliphatic carbocycles. The zero-order chi connectivity index (χ0) is 11.5. The van der Waals surface area contributed by atoms with Crippen molar-refractivity contribution in [3.05, 3.63) is 24.0 Å². The molecule has 1 atom stereocenters. The minimum absolute atomic E-state index is 0.0814. The van der Waals surface area contributed by atoms with E-state index in [1.165, 1.54) is 12.8 Å². The molecule has 0 saturated heterocycles. The molecule has 16 heavy (non-hydrogen) atoms. The Morgan fingerprint density at radius 1 is 1.50 bits per heavy atom. The molecule has 1 fully saturated rings. The first-order chi connectivity index (χ1) is 7.70. The normalized spacial score (nSPS) is 16.6. The van der Waals surface area contributed by atoms with E-state index in [1.807, 2.05) is 13.1 Å². The number of nitrogens with one attached hydrogen (secondary N) is 2. The third-order valence-electron chi connectivity index (χ3n) is 2.97. The highest BCUT2D eigenvalue weighted by Gasteiger charge is 2.29. The lowest BCUT2D eigenvalue weighted by Crippen LogP contribution is -2.34. The fraction of sp³-hybridized carbons (Fsp3) is 0.500. The first-order valence-corrected chi connectivity index (χ1v) is 5.65. The Kier molecular flexibility index (Phi) is 3.08. The van der Waals surface area contributed by atoms with Gasteiger partial charge in [-0.05, 0) is 37.8 Å². The smallest absolute Gasteiger partial charge is 0.270 e. The van der Waals surface area contributed by atoms with Crippen LogP contribution in [0.5, 0.6) is 0 Å². The number of hydrogen-bond donors (Lipinski definition) is 2. The van der Waals surface area contributed by atoms with Crippen LogP contribution in [-0.4, -0.2) is 24.0 Å². The van der Waals surface area contributed by atoms with Gasteiger partial charge in [-0.2, -0.15) is 0 Å². The Morgan fingerprint density at radius 3 is 2.75 bits per heavy atom. The minimum Gasteiger partial charge on any atom is -0.387 e. The monoisotopic (exact) mass is 219 g/mol. The Hall–Kier alpha value is -1.58. The van der Waals surface area contributed by atoms with Crippen LogP contribution in [0.25, 0.3) is 0 Å². The molecule has 4 nitrogen and oxygen atoms in total. The van der Waals surface area contributed by atoms with Gasteiger partial charge in [-0.25, -0.2) is 4.98 Å². The molecule has 0 aromatic carbocycles. The summed E-state index contributed by atoms with van der Waals surface area (Å²) in [5.41, 5.74) is 1.39. The molecule has 0 spiro atoms. The van der Waals surface area contributed by atoms with Crippen molar-refractivity contribution in [1.29, 1.82) is 0 Å². The average Bonchev–Trinajstić information content (AvgIpc) is 3.13. The summed E-state index contributed by atoms with van der Waals surface area (Å²) in [5, 5.41) is 5.94. The third-order valence-corrected chi connectivity index (χ3v) is 2.97. The Bertz CT molecular complexity index is 370. The number of rotatable bonds is 4. The molecule has 2 N–H and O–H groups in total. The number of carbonyl (C=O) groups is 1. The summed E-state index contributed by atoms with van der Waals surface area (Å²) >= 11 is 0. The van der Waals surface area contributed by atoms with Crippen molar-refractivity contribution in [2.75, 3.05) is 12.4 Å². The number of hydrogen-bond acceptors (Lipinski definition) is 3. The lowest BCUT2D eigenvalue weighted by Gasteiger charge is -2.12. The zero-order valence-electron chi connectivity index (χ0n) is 9.66. The molecule has 1 saturated carbocycles. The quantitative estimate of drug-likeness (QED) is 0.809. The third kappa shape index (κ3) is 2.51. The first kappa shape index (κ1) is 10.9. The number of nitrogens with zero attached hydrogens (tertiary/aromatic N) is 1. The van der Waals surface area contributed by atoms with Crippen molar-refractivity contribution in [3.63, 3.8) is 0 Å². The van der Waals surface area contributed by atoms with E-state index in [0.717, 1.165) is 5.69 Å². The van der Waals surface area contributed by atoms with E-state index in [0.29, 0.717) is 11.6 Å². The Balaban J connectivity index is 1.96. The van der Waals surface area contributed by atoms with Crippen LogP contribution in [0, 0.1) is 5.92 Å². The molecule has 1 aromatic rings. The van der Waals surface area contributed by atoms with Crippen LogP contribution in [0.1, 0.15) is 30.3 Å². The number of amides is 1. The van der Waals surface area contributed by atoms with Gasteiger partial charge in [0.05, 0.1) is 11.9 Å². The van der Waals surface area contributed by atoms with Crippen LogP contribution >= 0.6 is 0 Å². The van der Waals surface area contributed by atoms with Crippen molar-refractivity contribution in [2.45, 2.75) is 25.8 Å². The van der Waals surface area contributed by atoms with Gasteiger partial charge in [0, 0.05) is 13.1 Å². The van der Waals surface area contributed by atoms with E-state index >= 15 is 0 Å². The largest absolute Gasteiger partial charge is 0.387 e. The number of aromatic nitrogens is 1. The van der Waals surface area contributed by atoms with Gasteiger partial charge >= 0.3 is 0 Å². The van der Waals surface area contributed by atoms with E-state index in [1.54, 1.807) is 12.3 Å². The predicted octanol–water partition coefficient (Wildman–Crippen LogP) is 1.65. The summed E-state index contributed by atoms with van der Waals surface area (Å²) < 4.78 is 0. The molecule has 1 aromatic heterocycles. The fourth-order valence-corrected chi connectivity index (χ4v) is 1.67. The van der Waals surface area contributed by atoms with Crippen molar-refractivity contribution >= 4 is 11.6 Å². The van der Waals surface area contributed by atoms with E-state index in [2.05, 4.69) is 22.5 Å². The highest BCUT2D eigenvalue weighted by atomic mass is 16.1. The fourth-order valence-electron chi connectivity index (χ4n) is 1.67. The van der Waals surface area contributed by atoms with Gasteiger partial charge in [0.25, 0.3) is 5.91 Å². The number of anilines is 1. The van der Waals surface area contributed by atoms with Crippen LogP contribution in [0.4, 0.5) is 5.69 Å². The molecular weight excluding hydrogens is 202 g/mol. The first-order valence-electron chi connectivity index (χ1n) is 5.65. The molecule has 0 bridgehead atoms. The average molecular weight is 219 g/mol. The maximum atomic E-state index is 11.8. The van der Waals surface area contributed by atoms with Crippen LogP contribution in [0.3, 0.4) is 0 Å². The maximum Gasteiger partial charge on any atom is 0.270 e. The Labute approximate surface area is 95.5 Å². The van der Waals surface area contributed by atoms with Crippen LogP contribution < -0.4 is 10.6 Å². The molecule has 1 unspecified atom stereocenters. The number of pyridine rings is 1. The topological polar surface area (TPSA) is 54.0 Å². The van der Waals surface area contributed by atoms with E-state index in [4.69, 9.17) is 0 Å². The summed E-state index contributed by atoms with van der Waals surface area (Å²) in [6, 6.07) is 3.85. The van der Waals surface area contributed by atoms with Crippen LogP contribution in [0.15, 0.2) is 18.3 Å². The number of carbonyl (C=O) groups excluding carboxylic acids is 1. The molecule has 0 radical (unpaired) electrons. The van der Waals surface area contributed by atoms with Crippen molar-refractivity contribution in [2.24, 2.45) is 5.92 Å². The summed E-state index contributed by atoms with van der Waals surface area (Å²) in [6.45, 7) is 2.05. The summed E-state index contributed by atoms with van der Waals surface area (Å²) in [4.78, 5) is 15.9. The molecule has 0 aliphatic heterocycles. The van der Waals surface area contributed by atoms with Gasteiger partial charge in [0.2, 0.25) is 0 Å². The molecule has 4 heteroatoms. The van der Waals surface area contributed by atoms with E-state index in [-0.39, 0.29) is 11.9 Å². The Morgan fingerprint density at radius 2 is 2.25 bits per heavy atom. The second-order valence-corrected chi connectivity index (χ2v) is 4.28. The SMILES string of the molecule is CNc1ccc(C(=O)NC(C)C2CC2)nc1. The zero-order valence-corrected chi connectivity index (χ0v) is 9.66. The summed E-state index contributed by atoms with van der Waals surface area (Å²) in [7, 11) is 1.83. The van der Waals surface area contributed by atoms with Gasteiger partial charge in [0.15, 0.2) is 0 Å². The standard InChI is InChI=1S/C12H17N3O/c1-8(9-3-4-9)15-12(16)11-6-5-10(13-2)7-14-11/h5-9,13H,3-4H2,1-2H3,(H,15,16). The van der Waals surface area contributed by atoms with Gasteiger partial charge in [-0.3, -0.25) is 4.79 Å². The summed E-state index contributed by atoms with van der Waals surface area (Å²) in [6.07, 6.45) is 4.12. The molecular formula is C12H17N3O. The lowest BCUT2D eigenvalue weighted by molar-refractivity contribution is 0.0931. The van der Waals surface area contributed by atoms with E-state index in [9.17, 15) is 4.79 Å². The van der Waals surface area contributed by atoms with Crippen LogP contribution in [-0.2, 0) is 0 Å². The second-order valence-electron chi connectivity index (χ2n) is 4.28. The van der Waals surface area contributed by atoms with Gasteiger partial charge < -0.3 is 10.6 Å². The highest BCUT2D eigenvalue weighted by Crippen LogP contribution is 2.32. The molecule has 1 aliphatic rings. The minimum atomic E-state index is -0.0814. The van der Waals surface area contributed by atoms with Crippen molar-refractivity contribution in [1.82, 2.24) is 10.3 Å². The lowest BCUT2D eigenvalue weighted by atomic mass is 10.2. The molecule has 2 rings (SSSR count). The van der Waals surface area contributed by atoms with Gasteiger partial charge in [0.1, 0.15) is 5.69 Å². The second kappa shape index (κ2) is 4.51.